The molecule has 3 atom stereocenters. The molecule has 3 unspecified atom stereocenters. The van der Waals surface area contributed by atoms with E-state index in [9.17, 15) is 5.11 Å². The van der Waals surface area contributed by atoms with Gasteiger partial charge in [-0.3, -0.25) is 9.80 Å². The highest BCUT2D eigenvalue weighted by Gasteiger charge is 2.29. The number of likely N-dealkylation sites (N-methyl/N-ethyl adjacent to an activating group) is 1. The number of phenols is 1. The van der Waals surface area contributed by atoms with Crippen molar-refractivity contribution in [2.24, 2.45) is 0 Å². The molecule has 0 aliphatic carbocycles. The SMILES string of the molecule is COc1cc(C(C)N2CC(C)N(C)C(C)C2)ccc1O. The highest BCUT2D eigenvalue weighted by Crippen LogP contribution is 2.32. The highest BCUT2D eigenvalue weighted by atomic mass is 16.5. The Kier molecular flexibility index (Phi) is 4.55. The third kappa shape index (κ3) is 2.91. The summed E-state index contributed by atoms with van der Waals surface area (Å²) in [6.45, 7) is 8.88. The number of phenolic OH excluding ortho intramolecular Hbond substituents is 1. The molecule has 1 heterocycles. The Bertz CT molecular complexity index is 452. The molecule has 1 aliphatic rings. The van der Waals surface area contributed by atoms with Crippen LogP contribution in [0.2, 0.25) is 0 Å². The van der Waals surface area contributed by atoms with Crippen molar-refractivity contribution in [1.82, 2.24) is 9.80 Å². The zero-order valence-electron chi connectivity index (χ0n) is 13.1. The number of benzene rings is 1. The molecule has 4 heteroatoms. The van der Waals surface area contributed by atoms with E-state index in [1.165, 1.54) is 5.56 Å². The van der Waals surface area contributed by atoms with Gasteiger partial charge in [-0.1, -0.05) is 6.07 Å². The molecule has 1 aromatic carbocycles. The standard InChI is InChI=1S/C16H26N2O2/c1-11-9-18(10-12(2)17(11)4)13(3)14-6-7-15(19)16(8-14)20-5/h6-8,11-13,19H,9-10H2,1-5H3. The molecule has 112 valence electrons. The fourth-order valence-corrected chi connectivity index (χ4v) is 2.93. The zero-order chi connectivity index (χ0) is 14.9. The predicted octanol–water partition coefficient (Wildman–Crippen LogP) is 2.49. The summed E-state index contributed by atoms with van der Waals surface area (Å²) in [7, 11) is 3.78. The monoisotopic (exact) mass is 278 g/mol. The minimum absolute atomic E-state index is 0.198. The Morgan fingerprint density at radius 3 is 2.40 bits per heavy atom. The van der Waals surface area contributed by atoms with Crippen LogP contribution in [0.3, 0.4) is 0 Å². The van der Waals surface area contributed by atoms with Gasteiger partial charge in [-0.05, 0) is 45.5 Å². The van der Waals surface area contributed by atoms with Crippen molar-refractivity contribution in [3.63, 3.8) is 0 Å². The van der Waals surface area contributed by atoms with Crippen molar-refractivity contribution in [3.8, 4) is 11.5 Å². The van der Waals surface area contributed by atoms with Crippen LogP contribution in [0.1, 0.15) is 32.4 Å². The van der Waals surface area contributed by atoms with E-state index in [2.05, 4.69) is 37.6 Å². The third-order valence-corrected chi connectivity index (χ3v) is 4.62. The van der Waals surface area contributed by atoms with E-state index in [1.807, 2.05) is 12.1 Å². The second kappa shape index (κ2) is 6.02. The van der Waals surface area contributed by atoms with Gasteiger partial charge in [0, 0.05) is 31.2 Å². The third-order valence-electron chi connectivity index (χ3n) is 4.62. The first kappa shape index (κ1) is 15.1. The van der Waals surface area contributed by atoms with Gasteiger partial charge >= 0.3 is 0 Å². The molecule has 0 spiro atoms. The molecule has 2 rings (SSSR count). The Labute approximate surface area is 122 Å². The van der Waals surface area contributed by atoms with Crippen LogP contribution in [0.15, 0.2) is 18.2 Å². The van der Waals surface area contributed by atoms with Crippen LogP contribution in [0.4, 0.5) is 0 Å². The second-order valence-corrected chi connectivity index (χ2v) is 5.92. The maximum Gasteiger partial charge on any atom is 0.160 e. The van der Waals surface area contributed by atoms with Gasteiger partial charge in [0.25, 0.3) is 0 Å². The number of ether oxygens (including phenoxy) is 1. The summed E-state index contributed by atoms with van der Waals surface area (Å²) in [5.74, 6) is 0.744. The summed E-state index contributed by atoms with van der Waals surface area (Å²) >= 11 is 0. The van der Waals surface area contributed by atoms with Crippen LogP contribution < -0.4 is 4.74 Å². The summed E-state index contributed by atoms with van der Waals surface area (Å²) in [6.07, 6.45) is 0. The van der Waals surface area contributed by atoms with Crippen LogP contribution in [0.25, 0.3) is 0 Å². The summed E-state index contributed by atoms with van der Waals surface area (Å²) in [4.78, 5) is 4.93. The average Bonchev–Trinajstić information content (AvgIpc) is 2.44. The van der Waals surface area contributed by atoms with Gasteiger partial charge in [0.2, 0.25) is 0 Å². The van der Waals surface area contributed by atoms with Crippen LogP contribution >= 0.6 is 0 Å². The highest BCUT2D eigenvalue weighted by molar-refractivity contribution is 5.42. The maximum atomic E-state index is 9.70. The summed E-state index contributed by atoms with van der Waals surface area (Å²) in [5, 5.41) is 9.70. The van der Waals surface area contributed by atoms with Crippen molar-refractivity contribution >= 4 is 0 Å². The second-order valence-electron chi connectivity index (χ2n) is 5.92. The Morgan fingerprint density at radius 2 is 1.85 bits per heavy atom. The summed E-state index contributed by atoms with van der Waals surface area (Å²) < 4.78 is 5.21. The molecule has 0 amide bonds. The minimum atomic E-state index is 0.198. The molecule has 1 saturated heterocycles. The molecule has 1 N–H and O–H groups in total. The first-order valence-corrected chi connectivity index (χ1v) is 7.27. The Balaban J connectivity index is 2.17. The van der Waals surface area contributed by atoms with Gasteiger partial charge in [-0.25, -0.2) is 0 Å². The fourth-order valence-electron chi connectivity index (χ4n) is 2.93. The first-order valence-electron chi connectivity index (χ1n) is 7.27. The van der Waals surface area contributed by atoms with Crippen molar-refractivity contribution in [2.45, 2.75) is 38.9 Å². The molecular formula is C16H26N2O2. The van der Waals surface area contributed by atoms with E-state index in [0.29, 0.717) is 23.9 Å². The van der Waals surface area contributed by atoms with Crippen molar-refractivity contribution < 1.29 is 9.84 Å². The van der Waals surface area contributed by atoms with Gasteiger partial charge in [-0.2, -0.15) is 0 Å². The Hall–Kier alpha value is -1.26. The van der Waals surface area contributed by atoms with E-state index in [0.717, 1.165) is 13.1 Å². The molecular weight excluding hydrogens is 252 g/mol. The number of nitrogens with zero attached hydrogens (tertiary/aromatic N) is 2. The van der Waals surface area contributed by atoms with Crippen LogP contribution in [-0.2, 0) is 0 Å². The lowest BCUT2D eigenvalue weighted by atomic mass is 10.0. The molecule has 0 saturated carbocycles. The number of piperazine rings is 1. The normalized spacial score (nSPS) is 26.4. The van der Waals surface area contributed by atoms with Gasteiger partial charge in [0.15, 0.2) is 11.5 Å². The zero-order valence-corrected chi connectivity index (χ0v) is 13.1. The van der Waals surface area contributed by atoms with Crippen molar-refractivity contribution in [1.29, 1.82) is 0 Å². The van der Waals surface area contributed by atoms with E-state index in [4.69, 9.17) is 4.74 Å². The molecule has 1 aromatic rings. The lowest BCUT2D eigenvalue weighted by Gasteiger charge is -2.45. The summed E-state index contributed by atoms with van der Waals surface area (Å²) in [5.41, 5.74) is 1.18. The van der Waals surface area contributed by atoms with Crippen LogP contribution in [0, 0.1) is 0 Å². The number of hydrogen-bond donors (Lipinski definition) is 1. The van der Waals surface area contributed by atoms with E-state index in [-0.39, 0.29) is 5.75 Å². The molecule has 4 nitrogen and oxygen atoms in total. The van der Waals surface area contributed by atoms with Gasteiger partial charge in [0.05, 0.1) is 7.11 Å². The molecule has 0 aromatic heterocycles. The van der Waals surface area contributed by atoms with Gasteiger partial charge in [0.1, 0.15) is 0 Å². The van der Waals surface area contributed by atoms with E-state index >= 15 is 0 Å². The first-order chi connectivity index (χ1) is 9.43. The van der Waals surface area contributed by atoms with Crippen molar-refractivity contribution in [3.05, 3.63) is 23.8 Å². The summed E-state index contributed by atoms with van der Waals surface area (Å²) in [6, 6.07) is 7.07. The Morgan fingerprint density at radius 1 is 1.25 bits per heavy atom. The van der Waals surface area contributed by atoms with E-state index in [1.54, 1.807) is 13.2 Å². The largest absolute Gasteiger partial charge is 0.504 e. The number of aromatic hydroxyl groups is 1. The molecule has 0 bridgehead atoms. The van der Waals surface area contributed by atoms with Crippen LogP contribution in [-0.4, -0.2) is 54.2 Å². The topological polar surface area (TPSA) is 35.9 Å². The quantitative estimate of drug-likeness (QED) is 0.921. The lowest BCUT2D eigenvalue weighted by molar-refractivity contribution is 0.0376. The maximum absolute atomic E-state index is 9.70. The molecule has 0 radical (unpaired) electrons. The minimum Gasteiger partial charge on any atom is -0.504 e. The predicted molar refractivity (Wildman–Crippen MR) is 81.3 cm³/mol. The number of rotatable bonds is 3. The lowest BCUT2D eigenvalue weighted by Crippen LogP contribution is -2.55. The smallest absolute Gasteiger partial charge is 0.160 e. The molecule has 20 heavy (non-hydrogen) atoms. The number of hydrogen-bond acceptors (Lipinski definition) is 4. The average molecular weight is 278 g/mol. The fraction of sp³-hybridized carbons (Fsp3) is 0.625. The molecule has 1 aliphatic heterocycles. The van der Waals surface area contributed by atoms with Gasteiger partial charge in [-0.15, -0.1) is 0 Å². The van der Waals surface area contributed by atoms with E-state index < -0.39 is 0 Å². The van der Waals surface area contributed by atoms with Gasteiger partial charge < -0.3 is 9.84 Å². The van der Waals surface area contributed by atoms with Crippen LogP contribution in [0.5, 0.6) is 11.5 Å². The number of methoxy groups -OCH3 is 1. The van der Waals surface area contributed by atoms with Crippen molar-refractivity contribution in [2.75, 3.05) is 27.2 Å². The molecule has 1 fully saturated rings.